The highest BCUT2D eigenvalue weighted by atomic mass is 16.2. The van der Waals surface area contributed by atoms with Crippen molar-refractivity contribution in [2.24, 2.45) is 5.92 Å². The first-order valence-electron chi connectivity index (χ1n) is 5.06. The Balaban J connectivity index is 2.28. The van der Waals surface area contributed by atoms with Gasteiger partial charge in [0.2, 0.25) is 5.91 Å². The van der Waals surface area contributed by atoms with Gasteiger partial charge in [0.05, 0.1) is 0 Å². The maximum absolute atomic E-state index is 11.7. The zero-order valence-corrected chi connectivity index (χ0v) is 8.66. The molecule has 0 radical (unpaired) electrons. The van der Waals surface area contributed by atoms with Gasteiger partial charge in [-0.25, -0.2) is 0 Å². The molecule has 1 aromatic carbocycles. The van der Waals surface area contributed by atoms with E-state index in [1.807, 2.05) is 36.9 Å². The minimum atomic E-state index is 0.190. The lowest BCUT2D eigenvalue weighted by Gasteiger charge is -2.16. The van der Waals surface area contributed by atoms with Gasteiger partial charge in [-0.1, -0.05) is 19.1 Å². The number of carbonyl (C=O) groups excluding carboxylic acids is 1. The lowest BCUT2D eigenvalue weighted by Crippen LogP contribution is -2.26. The molecule has 2 rings (SSSR count). The molecule has 0 aliphatic carbocycles. The summed E-state index contributed by atoms with van der Waals surface area (Å²) in [5.74, 6) is 0.450. The summed E-state index contributed by atoms with van der Waals surface area (Å²) in [4.78, 5) is 13.6. The number of amides is 1. The summed E-state index contributed by atoms with van der Waals surface area (Å²) in [6.07, 6.45) is 0.979. The molecular formula is C12H15NO. The van der Waals surface area contributed by atoms with Crippen LogP contribution in [-0.4, -0.2) is 12.5 Å². The van der Waals surface area contributed by atoms with Crippen molar-refractivity contribution >= 4 is 11.6 Å². The highest BCUT2D eigenvalue weighted by Crippen LogP contribution is 2.25. The molecule has 2 nitrogen and oxygen atoms in total. The van der Waals surface area contributed by atoms with E-state index in [4.69, 9.17) is 0 Å². The Labute approximate surface area is 84.5 Å². The number of benzene rings is 1. The van der Waals surface area contributed by atoms with E-state index in [0.717, 1.165) is 18.7 Å². The van der Waals surface area contributed by atoms with Crippen molar-refractivity contribution in [3.8, 4) is 0 Å². The van der Waals surface area contributed by atoms with Crippen LogP contribution in [0, 0.1) is 12.8 Å². The molecule has 2 heteroatoms. The van der Waals surface area contributed by atoms with Crippen molar-refractivity contribution in [2.45, 2.75) is 20.3 Å². The van der Waals surface area contributed by atoms with E-state index in [1.54, 1.807) is 0 Å². The van der Waals surface area contributed by atoms with Crippen LogP contribution >= 0.6 is 0 Å². The quantitative estimate of drug-likeness (QED) is 0.664. The summed E-state index contributed by atoms with van der Waals surface area (Å²) in [5.41, 5.74) is 2.24. The molecule has 0 aromatic heterocycles. The average molecular weight is 189 g/mol. The van der Waals surface area contributed by atoms with Crippen LogP contribution < -0.4 is 4.90 Å². The molecule has 1 aliphatic rings. The predicted octanol–water partition coefficient (Wildman–Crippen LogP) is 2.37. The summed E-state index contributed by atoms with van der Waals surface area (Å²) in [6.45, 7) is 4.91. The molecule has 1 fully saturated rings. The number of nitrogens with zero attached hydrogens (tertiary/aromatic N) is 1. The van der Waals surface area contributed by atoms with Crippen LogP contribution in [0.3, 0.4) is 0 Å². The molecule has 1 aliphatic heterocycles. The fourth-order valence-corrected chi connectivity index (χ4v) is 1.87. The highest BCUT2D eigenvalue weighted by molar-refractivity contribution is 5.96. The molecule has 1 aromatic rings. The normalized spacial score (nSPS) is 21.7. The average Bonchev–Trinajstić information content (AvgIpc) is 2.48. The zero-order valence-electron chi connectivity index (χ0n) is 8.66. The van der Waals surface area contributed by atoms with Gasteiger partial charge >= 0.3 is 0 Å². The summed E-state index contributed by atoms with van der Waals surface area (Å²) in [5, 5.41) is 0. The van der Waals surface area contributed by atoms with E-state index in [-0.39, 0.29) is 11.8 Å². The van der Waals surface area contributed by atoms with Crippen LogP contribution in [0.4, 0.5) is 5.69 Å². The standard InChI is InChI=1S/C12H15NO/c1-9-4-3-5-11(8-9)13-7-6-10(2)12(13)14/h3-5,8,10H,6-7H2,1-2H3. The minimum absolute atomic E-state index is 0.190. The smallest absolute Gasteiger partial charge is 0.229 e. The Morgan fingerprint density at radius 1 is 1.43 bits per heavy atom. The van der Waals surface area contributed by atoms with E-state index in [9.17, 15) is 4.79 Å². The van der Waals surface area contributed by atoms with Crippen molar-refractivity contribution in [1.82, 2.24) is 0 Å². The first kappa shape index (κ1) is 9.25. The van der Waals surface area contributed by atoms with Crippen molar-refractivity contribution < 1.29 is 4.79 Å². The second kappa shape index (κ2) is 3.45. The van der Waals surface area contributed by atoms with Gasteiger partial charge in [-0.05, 0) is 31.0 Å². The molecule has 0 saturated carbocycles. The fraction of sp³-hybridized carbons (Fsp3) is 0.417. The van der Waals surface area contributed by atoms with Crippen LogP contribution in [0.25, 0.3) is 0 Å². The van der Waals surface area contributed by atoms with E-state index >= 15 is 0 Å². The SMILES string of the molecule is Cc1cccc(N2CCC(C)C2=O)c1. The van der Waals surface area contributed by atoms with Gasteiger partial charge < -0.3 is 4.90 Å². The summed E-state index contributed by atoms with van der Waals surface area (Å²) in [6, 6.07) is 8.12. The zero-order chi connectivity index (χ0) is 10.1. The summed E-state index contributed by atoms with van der Waals surface area (Å²) >= 11 is 0. The molecule has 14 heavy (non-hydrogen) atoms. The number of hydrogen-bond acceptors (Lipinski definition) is 1. The second-order valence-corrected chi connectivity index (χ2v) is 4.02. The van der Waals surface area contributed by atoms with Gasteiger partial charge in [0.25, 0.3) is 0 Å². The van der Waals surface area contributed by atoms with Gasteiger partial charge in [0.15, 0.2) is 0 Å². The third-order valence-corrected chi connectivity index (χ3v) is 2.79. The van der Waals surface area contributed by atoms with Gasteiger partial charge in [0.1, 0.15) is 0 Å². The van der Waals surface area contributed by atoms with E-state index in [0.29, 0.717) is 0 Å². The number of hydrogen-bond donors (Lipinski definition) is 0. The van der Waals surface area contributed by atoms with Crippen LogP contribution in [0.1, 0.15) is 18.9 Å². The topological polar surface area (TPSA) is 20.3 Å². The van der Waals surface area contributed by atoms with Crippen LogP contribution in [-0.2, 0) is 4.79 Å². The van der Waals surface area contributed by atoms with Gasteiger partial charge in [-0.3, -0.25) is 4.79 Å². The molecular weight excluding hydrogens is 174 g/mol. The van der Waals surface area contributed by atoms with Crippen LogP contribution in [0.2, 0.25) is 0 Å². The first-order chi connectivity index (χ1) is 6.68. The lowest BCUT2D eigenvalue weighted by atomic mass is 10.1. The summed E-state index contributed by atoms with van der Waals surface area (Å²) < 4.78 is 0. The number of aryl methyl sites for hydroxylation is 1. The Morgan fingerprint density at radius 3 is 2.79 bits per heavy atom. The van der Waals surface area contributed by atoms with Crippen molar-refractivity contribution in [3.05, 3.63) is 29.8 Å². The largest absolute Gasteiger partial charge is 0.312 e. The Hall–Kier alpha value is -1.31. The summed E-state index contributed by atoms with van der Waals surface area (Å²) in [7, 11) is 0. The third kappa shape index (κ3) is 1.52. The monoisotopic (exact) mass is 189 g/mol. The molecule has 1 heterocycles. The maximum atomic E-state index is 11.7. The van der Waals surface area contributed by atoms with Crippen molar-refractivity contribution in [1.29, 1.82) is 0 Å². The molecule has 1 amide bonds. The van der Waals surface area contributed by atoms with Crippen LogP contribution in [0.5, 0.6) is 0 Å². The predicted molar refractivity (Wildman–Crippen MR) is 57.3 cm³/mol. The molecule has 1 saturated heterocycles. The van der Waals surface area contributed by atoms with Crippen molar-refractivity contribution in [3.63, 3.8) is 0 Å². The van der Waals surface area contributed by atoms with Crippen molar-refractivity contribution in [2.75, 3.05) is 11.4 Å². The Kier molecular flexibility index (Phi) is 2.28. The third-order valence-electron chi connectivity index (χ3n) is 2.79. The van der Waals surface area contributed by atoms with Gasteiger partial charge in [-0.2, -0.15) is 0 Å². The van der Waals surface area contributed by atoms with E-state index in [1.165, 1.54) is 5.56 Å². The van der Waals surface area contributed by atoms with Gasteiger partial charge in [-0.15, -0.1) is 0 Å². The Bertz CT molecular complexity index is 359. The highest BCUT2D eigenvalue weighted by Gasteiger charge is 2.28. The lowest BCUT2D eigenvalue weighted by molar-refractivity contribution is -0.119. The molecule has 0 N–H and O–H groups in total. The number of rotatable bonds is 1. The number of carbonyl (C=O) groups is 1. The fourth-order valence-electron chi connectivity index (χ4n) is 1.87. The minimum Gasteiger partial charge on any atom is -0.312 e. The molecule has 1 atom stereocenters. The second-order valence-electron chi connectivity index (χ2n) is 4.02. The molecule has 74 valence electrons. The Morgan fingerprint density at radius 2 is 2.21 bits per heavy atom. The number of anilines is 1. The van der Waals surface area contributed by atoms with Crippen LogP contribution in [0.15, 0.2) is 24.3 Å². The van der Waals surface area contributed by atoms with Gasteiger partial charge in [0, 0.05) is 18.2 Å². The van der Waals surface area contributed by atoms with E-state index in [2.05, 4.69) is 6.07 Å². The molecule has 0 spiro atoms. The maximum Gasteiger partial charge on any atom is 0.229 e. The van der Waals surface area contributed by atoms with E-state index < -0.39 is 0 Å². The molecule has 0 bridgehead atoms. The first-order valence-corrected chi connectivity index (χ1v) is 5.06. The molecule has 1 unspecified atom stereocenters.